The average Bonchev–Trinajstić information content (AvgIpc) is 2.28. The molecule has 1 N–H and O–H groups in total. The number of hydrogen-bond acceptors (Lipinski definition) is 2. The highest BCUT2D eigenvalue weighted by Crippen LogP contribution is 2.17. The first kappa shape index (κ1) is 12.6. The van der Waals surface area contributed by atoms with Crippen LogP contribution >= 0.6 is 0 Å². The maximum atomic E-state index is 5.12. The molecule has 1 aromatic carbocycles. The molecule has 0 aliphatic rings. The fourth-order valence-electron chi connectivity index (χ4n) is 1.62. The van der Waals surface area contributed by atoms with Crippen molar-refractivity contribution in [1.82, 2.24) is 0 Å². The second kappa shape index (κ2) is 6.21. The van der Waals surface area contributed by atoms with Gasteiger partial charge in [0.1, 0.15) is 5.75 Å². The highest BCUT2D eigenvalue weighted by Gasteiger charge is 2.06. The minimum absolute atomic E-state index is 0.327. The molecule has 1 rings (SSSR count). The summed E-state index contributed by atoms with van der Waals surface area (Å²) in [5.41, 5.74) is 1.10. The van der Waals surface area contributed by atoms with E-state index in [2.05, 4.69) is 25.7 Å². The Bertz CT molecular complexity index is 316. The van der Waals surface area contributed by atoms with Gasteiger partial charge in [-0.3, -0.25) is 0 Å². The number of nitrogens with one attached hydrogen (secondary N) is 1. The summed E-state index contributed by atoms with van der Waals surface area (Å²) < 4.78 is 5.12. The van der Waals surface area contributed by atoms with E-state index in [0.717, 1.165) is 17.9 Å². The van der Waals surface area contributed by atoms with Gasteiger partial charge in [0.25, 0.3) is 0 Å². The van der Waals surface area contributed by atoms with E-state index in [1.54, 1.807) is 7.11 Å². The van der Waals surface area contributed by atoms with Gasteiger partial charge < -0.3 is 10.1 Å². The molecule has 0 amide bonds. The van der Waals surface area contributed by atoms with Crippen LogP contribution in [0.5, 0.6) is 5.75 Å². The lowest BCUT2D eigenvalue weighted by molar-refractivity contribution is 0.415. The van der Waals surface area contributed by atoms with Crippen LogP contribution in [0.15, 0.2) is 36.9 Å². The number of anilines is 1. The molecular formula is C14H21NO. The van der Waals surface area contributed by atoms with Crippen molar-refractivity contribution in [2.24, 2.45) is 5.92 Å². The summed E-state index contributed by atoms with van der Waals surface area (Å²) in [4.78, 5) is 0. The minimum Gasteiger partial charge on any atom is -0.497 e. The summed E-state index contributed by atoms with van der Waals surface area (Å²) in [7, 11) is 1.67. The van der Waals surface area contributed by atoms with Crippen molar-refractivity contribution >= 4 is 5.69 Å². The third-order valence-corrected chi connectivity index (χ3v) is 2.45. The molecule has 0 aliphatic heterocycles. The maximum absolute atomic E-state index is 5.12. The van der Waals surface area contributed by atoms with Crippen LogP contribution in [0.2, 0.25) is 0 Å². The van der Waals surface area contributed by atoms with Gasteiger partial charge in [-0.2, -0.15) is 0 Å². The van der Waals surface area contributed by atoms with E-state index in [0.29, 0.717) is 12.0 Å². The van der Waals surface area contributed by atoms with Crippen molar-refractivity contribution in [2.45, 2.75) is 26.3 Å². The Kier molecular flexibility index (Phi) is 4.90. The van der Waals surface area contributed by atoms with Gasteiger partial charge in [0.15, 0.2) is 0 Å². The fraction of sp³-hybridized carbons (Fsp3) is 0.429. The van der Waals surface area contributed by atoms with E-state index in [1.807, 2.05) is 30.3 Å². The summed E-state index contributed by atoms with van der Waals surface area (Å²) in [5, 5.41) is 3.44. The van der Waals surface area contributed by atoms with E-state index in [-0.39, 0.29) is 0 Å². The van der Waals surface area contributed by atoms with Gasteiger partial charge in [-0.15, -0.1) is 6.58 Å². The molecule has 1 unspecified atom stereocenters. The molecule has 0 fully saturated rings. The van der Waals surface area contributed by atoms with Crippen molar-refractivity contribution in [3.8, 4) is 5.75 Å². The first-order chi connectivity index (χ1) is 7.65. The standard InChI is InChI=1S/C14H21NO/c1-5-12(10-11(2)3)15-13-6-8-14(16-4)9-7-13/h5-9,11-12,15H,1,10H2,2-4H3. The third kappa shape index (κ3) is 3.97. The topological polar surface area (TPSA) is 21.3 Å². The molecule has 88 valence electrons. The summed E-state index contributed by atoms with van der Waals surface area (Å²) in [6.45, 7) is 8.29. The largest absolute Gasteiger partial charge is 0.497 e. The van der Waals surface area contributed by atoms with E-state index in [4.69, 9.17) is 4.74 Å². The molecule has 16 heavy (non-hydrogen) atoms. The Labute approximate surface area is 98.3 Å². The van der Waals surface area contributed by atoms with Crippen molar-refractivity contribution < 1.29 is 4.74 Å². The average molecular weight is 219 g/mol. The van der Waals surface area contributed by atoms with Crippen LogP contribution in [-0.4, -0.2) is 13.2 Å². The second-order valence-corrected chi connectivity index (χ2v) is 4.34. The quantitative estimate of drug-likeness (QED) is 0.736. The Morgan fingerprint density at radius 3 is 2.38 bits per heavy atom. The van der Waals surface area contributed by atoms with Gasteiger partial charge >= 0.3 is 0 Å². The van der Waals surface area contributed by atoms with Crippen LogP contribution in [0.25, 0.3) is 0 Å². The van der Waals surface area contributed by atoms with Crippen molar-refractivity contribution in [1.29, 1.82) is 0 Å². The molecule has 0 aromatic heterocycles. The van der Waals surface area contributed by atoms with Crippen LogP contribution in [0.1, 0.15) is 20.3 Å². The minimum atomic E-state index is 0.327. The summed E-state index contributed by atoms with van der Waals surface area (Å²) in [5.74, 6) is 1.54. The molecule has 0 spiro atoms. The highest BCUT2D eigenvalue weighted by molar-refractivity contribution is 5.47. The number of ether oxygens (including phenoxy) is 1. The van der Waals surface area contributed by atoms with E-state index >= 15 is 0 Å². The SMILES string of the molecule is C=CC(CC(C)C)Nc1ccc(OC)cc1. The number of methoxy groups -OCH3 is 1. The maximum Gasteiger partial charge on any atom is 0.119 e. The van der Waals surface area contributed by atoms with E-state index < -0.39 is 0 Å². The molecule has 2 heteroatoms. The van der Waals surface area contributed by atoms with Crippen LogP contribution in [0.4, 0.5) is 5.69 Å². The zero-order valence-corrected chi connectivity index (χ0v) is 10.4. The van der Waals surface area contributed by atoms with Crippen molar-refractivity contribution in [3.63, 3.8) is 0 Å². The predicted octanol–water partition coefficient (Wildman–Crippen LogP) is 3.71. The Balaban J connectivity index is 2.59. The van der Waals surface area contributed by atoms with E-state index in [9.17, 15) is 0 Å². The predicted molar refractivity (Wildman–Crippen MR) is 70.1 cm³/mol. The molecule has 1 aromatic rings. The lowest BCUT2D eigenvalue weighted by atomic mass is 10.0. The van der Waals surface area contributed by atoms with Crippen molar-refractivity contribution in [2.75, 3.05) is 12.4 Å². The molecule has 0 saturated heterocycles. The molecule has 0 heterocycles. The Morgan fingerprint density at radius 2 is 1.94 bits per heavy atom. The lowest BCUT2D eigenvalue weighted by Gasteiger charge is -2.18. The second-order valence-electron chi connectivity index (χ2n) is 4.34. The first-order valence-corrected chi connectivity index (χ1v) is 5.69. The first-order valence-electron chi connectivity index (χ1n) is 5.69. The van der Waals surface area contributed by atoms with Gasteiger partial charge in [0, 0.05) is 11.7 Å². The zero-order chi connectivity index (χ0) is 12.0. The fourth-order valence-corrected chi connectivity index (χ4v) is 1.62. The molecule has 0 radical (unpaired) electrons. The normalized spacial score (nSPS) is 12.2. The van der Waals surface area contributed by atoms with Crippen LogP contribution in [0, 0.1) is 5.92 Å². The molecular weight excluding hydrogens is 198 g/mol. The monoisotopic (exact) mass is 219 g/mol. The third-order valence-electron chi connectivity index (χ3n) is 2.45. The molecule has 0 aliphatic carbocycles. The molecule has 0 saturated carbocycles. The number of benzene rings is 1. The molecule has 0 bridgehead atoms. The molecule has 1 atom stereocenters. The van der Waals surface area contributed by atoms with Crippen LogP contribution < -0.4 is 10.1 Å². The lowest BCUT2D eigenvalue weighted by Crippen LogP contribution is -2.18. The summed E-state index contributed by atoms with van der Waals surface area (Å²) >= 11 is 0. The zero-order valence-electron chi connectivity index (χ0n) is 10.4. The van der Waals surface area contributed by atoms with Crippen LogP contribution in [0.3, 0.4) is 0 Å². The number of hydrogen-bond donors (Lipinski definition) is 1. The van der Waals surface area contributed by atoms with Gasteiger partial charge in [0.2, 0.25) is 0 Å². The molecule has 2 nitrogen and oxygen atoms in total. The summed E-state index contributed by atoms with van der Waals surface area (Å²) in [6, 6.07) is 8.29. The van der Waals surface area contributed by atoms with E-state index in [1.165, 1.54) is 0 Å². The van der Waals surface area contributed by atoms with Gasteiger partial charge in [-0.05, 0) is 36.6 Å². The van der Waals surface area contributed by atoms with Crippen LogP contribution in [-0.2, 0) is 0 Å². The summed E-state index contributed by atoms with van der Waals surface area (Å²) in [6.07, 6.45) is 3.06. The van der Waals surface area contributed by atoms with Crippen molar-refractivity contribution in [3.05, 3.63) is 36.9 Å². The Morgan fingerprint density at radius 1 is 1.31 bits per heavy atom. The smallest absolute Gasteiger partial charge is 0.119 e. The highest BCUT2D eigenvalue weighted by atomic mass is 16.5. The number of rotatable bonds is 6. The Hall–Kier alpha value is -1.44. The van der Waals surface area contributed by atoms with Gasteiger partial charge in [-0.25, -0.2) is 0 Å². The van der Waals surface area contributed by atoms with Gasteiger partial charge in [0.05, 0.1) is 7.11 Å². The van der Waals surface area contributed by atoms with Gasteiger partial charge in [-0.1, -0.05) is 19.9 Å².